The number of carbonyl (C=O) groups excluding carboxylic acids is 3. The molecule has 184 valence electrons. The first-order valence-electron chi connectivity index (χ1n) is 11.8. The summed E-state index contributed by atoms with van der Waals surface area (Å²) in [7, 11) is 0. The molecule has 7 heteroatoms. The number of hydrogen-bond donors (Lipinski definition) is 2. The Kier molecular flexibility index (Phi) is 5.61. The van der Waals surface area contributed by atoms with E-state index in [1.54, 1.807) is 39.8 Å². The van der Waals surface area contributed by atoms with Gasteiger partial charge in [0.05, 0.1) is 6.61 Å². The van der Waals surface area contributed by atoms with Crippen LogP contribution in [0.25, 0.3) is 0 Å². The van der Waals surface area contributed by atoms with Crippen molar-refractivity contribution in [3.63, 3.8) is 0 Å². The first-order chi connectivity index (χ1) is 15.8. The van der Waals surface area contributed by atoms with Gasteiger partial charge in [0.2, 0.25) is 0 Å². The van der Waals surface area contributed by atoms with Crippen molar-refractivity contribution < 1.29 is 34.1 Å². The fraction of sp³-hybridized carbons (Fsp3) is 0.593. The Labute approximate surface area is 200 Å². The molecule has 0 aliphatic heterocycles. The van der Waals surface area contributed by atoms with E-state index >= 15 is 0 Å². The van der Waals surface area contributed by atoms with Gasteiger partial charge in [-0.05, 0) is 49.5 Å². The van der Waals surface area contributed by atoms with Crippen LogP contribution in [0.15, 0.2) is 46.1 Å². The highest BCUT2D eigenvalue weighted by Crippen LogP contribution is 2.74. The van der Waals surface area contributed by atoms with E-state index in [4.69, 9.17) is 9.47 Å². The zero-order valence-electron chi connectivity index (χ0n) is 20.9. The number of allylic oxidation sites excluding steroid dienone is 2. The van der Waals surface area contributed by atoms with Gasteiger partial charge in [-0.15, -0.1) is 0 Å². The summed E-state index contributed by atoms with van der Waals surface area (Å²) in [6, 6.07) is 0. The maximum Gasteiger partial charge on any atom is 0.333 e. The van der Waals surface area contributed by atoms with Crippen molar-refractivity contribution in [2.75, 3.05) is 6.61 Å². The van der Waals surface area contributed by atoms with Crippen molar-refractivity contribution in [1.29, 1.82) is 0 Å². The van der Waals surface area contributed by atoms with E-state index in [1.165, 1.54) is 6.92 Å². The van der Waals surface area contributed by atoms with Gasteiger partial charge in [0.25, 0.3) is 0 Å². The van der Waals surface area contributed by atoms with E-state index in [0.717, 1.165) is 0 Å². The molecule has 0 radical (unpaired) electrons. The molecule has 1 saturated carbocycles. The Hall–Kier alpha value is -2.51. The van der Waals surface area contributed by atoms with Gasteiger partial charge >= 0.3 is 11.9 Å². The zero-order chi connectivity index (χ0) is 25.4. The molecular formula is C27H34O7. The minimum absolute atomic E-state index is 0.0542. The first-order valence-corrected chi connectivity index (χ1v) is 11.8. The van der Waals surface area contributed by atoms with Crippen molar-refractivity contribution in [1.82, 2.24) is 0 Å². The number of hydrogen-bond acceptors (Lipinski definition) is 7. The molecule has 0 heterocycles. The molecule has 7 nitrogen and oxygen atoms in total. The molecule has 0 amide bonds. The monoisotopic (exact) mass is 470 g/mol. The smallest absolute Gasteiger partial charge is 0.333 e. The van der Waals surface area contributed by atoms with Crippen molar-refractivity contribution >= 4 is 17.7 Å². The average Bonchev–Trinajstić information content (AvgIpc) is 3.16. The van der Waals surface area contributed by atoms with E-state index in [9.17, 15) is 24.6 Å². The standard InChI is InChI=1S/C27H34O7/c1-8-13(2)24(31)33-23-15(4)26(32)19-9-14(3)21(30)18(19)10-17(12-28)11-20(26)22-25(6,7)27(22,23)34-16(5)29/h8-9,11,15,18-19,23,28,32H,10,12H2,1-7H3/b13-8+/t15?,18?,19?,23-,26+,27?/m1/s1. The summed E-state index contributed by atoms with van der Waals surface area (Å²) in [5.41, 5.74) is -0.709. The third-order valence-electron chi connectivity index (χ3n) is 8.54. The van der Waals surface area contributed by atoms with Crippen LogP contribution in [0.1, 0.15) is 54.9 Å². The summed E-state index contributed by atoms with van der Waals surface area (Å²) in [5.74, 6) is -2.92. The molecular weight excluding hydrogens is 436 g/mol. The second kappa shape index (κ2) is 7.75. The van der Waals surface area contributed by atoms with Gasteiger partial charge in [0.1, 0.15) is 5.60 Å². The Morgan fingerprint density at radius 1 is 1.26 bits per heavy atom. The summed E-state index contributed by atoms with van der Waals surface area (Å²) in [4.78, 5) is 38.2. The Balaban J connectivity index is 2.00. The van der Waals surface area contributed by atoms with Crippen LogP contribution in [0.5, 0.6) is 0 Å². The quantitative estimate of drug-likeness (QED) is 0.480. The summed E-state index contributed by atoms with van der Waals surface area (Å²) >= 11 is 0. The summed E-state index contributed by atoms with van der Waals surface area (Å²) in [6.45, 7) is 11.7. The number of Topliss-reactive ketones (excluding diaryl/α,β-unsaturated/α-hetero) is 1. The molecule has 4 aliphatic carbocycles. The van der Waals surface area contributed by atoms with E-state index in [2.05, 4.69) is 0 Å². The van der Waals surface area contributed by atoms with Gasteiger partial charge in [-0.25, -0.2) is 4.79 Å². The SMILES string of the molecule is C/C=C(\C)C(=O)O[C@@H]1C(C)[C@@]2(O)C(=C3C(C)(C)C31OC(C)=O)C=C(CO)CC1C(=O)C(C)=CC12. The van der Waals surface area contributed by atoms with Gasteiger partial charge in [-0.1, -0.05) is 39.0 Å². The van der Waals surface area contributed by atoms with Crippen LogP contribution in [0.4, 0.5) is 0 Å². The van der Waals surface area contributed by atoms with Crippen LogP contribution in [0.3, 0.4) is 0 Å². The minimum Gasteiger partial charge on any atom is -0.454 e. The molecule has 0 spiro atoms. The highest BCUT2D eigenvalue weighted by atomic mass is 16.6. The van der Waals surface area contributed by atoms with Gasteiger partial charge in [-0.3, -0.25) is 9.59 Å². The van der Waals surface area contributed by atoms with E-state index in [0.29, 0.717) is 34.3 Å². The molecule has 4 unspecified atom stereocenters. The fourth-order valence-corrected chi connectivity index (χ4v) is 6.59. The largest absolute Gasteiger partial charge is 0.454 e. The van der Waals surface area contributed by atoms with Crippen LogP contribution in [-0.4, -0.2) is 51.8 Å². The lowest BCUT2D eigenvalue weighted by molar-refractivity contribution is -0.189. The number of ketones is 1. The lowest BCUT2D eigenvalue weighted by Crippen LogP contribution is -2.59. The fourth-order valence-electron chi connectivity index (χ4n) is 6.59. The van der Waals surface area contributed by atoms with Crippen molar-refractivity contribution in [3.05, 3.63) is 46.1 Å². The zero-order valence-corrected chi connectivity index (χ0v) is 20.9. The maximum absolute atomic E-state index is 13.0. The Bertz CT molecular complexity index is 1100. The lowest BCUT2D eigenvalue weighted by atomic mass is 9.64. The molecule has 6 atom stereocenters. The number of aliphatic hydroxyl groups excluding tert-OH is 1. The van der Waals surface area contributed by atoms with Crippen molar-refractivity contribution in [3.8, 4) is 0 Å². The molecule has 0 aromatic carbocycles. The van der Waals surface area contributed by atoms with Crippen LogP contribution < -0.4 is 0 Å². The van der Waals surface area contributed by atoms with Crippen LogP contribution in [0, 0.1) is 23.2 Å². The molecule has 4 aliphatic rings. The second-order valence-corrected chi connectivity index (χ2v) is 10.7. The van der Waals surface area contributed by atoms with Crippen LogP contribution in [-0.2, 0) is 23.9 Å². The number of aliphatic hydroxyl groups is 2. The van der Waals surface area contributed by atoms with Crippen molar-refractivity contribution in [2.24, 2.45) is 23.2 Å². The van der Waals surface area contributed by atoms with Gasteiger partial charge in [0.15, 0.2) is 17.5 Å². The maximum atomic E-state index is 13.0. The Morgan fingerprint density at radius 2 is 1.91 bits per heavy atom. The molecule has 1 fully saturated rings. The number of rotatable bonds is 4. The third-order valence-corrected chi connectivity index (χ3v) is 8.54. The highest BCUT2D eigenvalue weighted by molar-refractivity contribution is 6.00. The molecule has 2 N–H and O–H groups in total. The average molecular weight is 471 g/mol. The molecule has 4 rings (SSSR count). The normalized spacial score (nSPS) is 38.1. The minimum atomic E-state index is -1.56. The molecule has 0 bridgehead atoms. The van der Waals surface area contributed by atoms with Crippen LogP contribution in [0.2, 0.25) is 0 Å². The summed E-state index contributed by atoms with van der Waals surface area (Å²) in [6.07, 6.45) is 4.57. The lowest BCUT2D eigenvalue weighted by Gasteiger charge is -2.48. The highest BCUT2D eigenvalue weighted by Gasteiger charge is 2.82. The van der Waals surface area contributed by atoms with E-state index in [1.807, 2.05) is 19.9 Å². The van der Waals surface area contributed by atoms with Gasteiger partial charge < -0.3 is 19.7 Å². The number of fused-ring (bicyclic) bond motifs is 4. The molecule has 0 aromatic heterocycles. The first kappa shape index (κ1) is 24.6. The number of carbonyl (C=O) groups is 3. The number of ether oxygens (including phenoxy) is 2. The summed E-state index contributed by atoms with van der Waals surface area (Å²) < 4.78 is 12.0. The molecule has 0 saturated heterocycles. The van der Waals surface area contributed by atoms with Crippen molar-refractivity contribution in [2.45, 2.75) is 72.2 Å². The topological polar surface area (TPSA) is 110 Å². The third kappa shape index (κ3) is 2.99. The van der Waals surface area contributed by atoms with E-state index in [-0.39, 0.29) is 12.4 Å². The Morgan fingerprint density at radius 3 is 2.47 bits per heavy atom. The number of esters is 2. The van der Waals surface area contributed by atoms with Gasteiger partial charge in [-0.2, -0.15) is 0 Å². The predicted octanol–water partition coefficient (Wildman–Crippen LogP) is 2.97. The van der Waals surface area contributed by atoms with E-state index < -0.39 is 52.4 Å². The van der Waals surface area contributed by atoms with Crippen LogP contribution >= 0.6 is 0 Å². The molecule has 0 aromatic rings. The molecule has 34 heavy (non-hydrogen) atoms. The van der Waals surface area contributed by atoms with Gasteiger partial charge in [0, 0.05) is 35.7 Å². The second-order valence-electron chi connectivity index (χ2n) is 10.7. The summed E-state index contributed by atoms with van der Waals surface area (Å²) in [5, 5.41) is 22.6. The predicted molar refractivity (Wildman–Crippen MR) is 124 cm³/mol.